The number of rotatable bonds is 2. The molecule has 3 heteroatoms. The first kappa shape index (κ1) is 6.94. The van der Waals surface area contributed by atoms with Crippen molar-refractivity contribution < 1.29 is 9.90 Å². The molecule has 0 aromatic rings. The van der Waals surface area contributed by atoms with Gasteiger partial charge in [-0.25, -0.2) is 0 Å². The fourth-order valence-corrected chi connectivity index (χ4v) is 0.101. The molecule has 1 atom stereocenters. The highest BCUT2D eigenvalue weighted by atomic mass is 127. The second-order valence-corrected chi connectivity index (χ2v) is 2.32. The summed E-state index contributed by atoms with van der Waals surface area (Å²) < 4.78 is -0.447. The lowest BCUT2D eigenvalue weighted by atomic mass is 10.4. The Morgan fingerprint density at radius 1 is 2.00 bits per heavy atom. The van der Waals surface area contributed by atoms with Crippen LogP contribution in [0.3, 0.4) is 0 Å². The van der Waals surface area contributed by atoms with E-state index in [0.717, 1.165) is 0 Å². The van der Waals surface area contributed by atoms with Crippen LogP contribution in [0.4, 0.5) is 0 Å². The van der Waals surface area contributed by atoms with E-state index in [9.17, 15) is 4.79 Å². The quantitative estimate of drug-likeness (QED) is 0.422. The third-order valence-corrected chi connectivity index (χ3v) is 1.48. The highest BCUT2D eigenvalue weighted by molar-refractivity contribution is 14.1. The zero-order valence-electron chi connectivity index (χ0n) is 3.60. The smallest absolute Gasteiger partial charge is 0.320 e. The largest absolute Gasteiger partial charge is 0.480 e. The molecular weight excluding hydrogens is 207 g/mol. The third kappa shape index (κ3) is 2.61. The Morgan fingerprint density at radius 2 is 2.43 bits per heavy atom. The highest BCUT2D eigenvalue weighted by Crippen LogP contribution is 1.98. The molecule has 0 amide bonds. The van der Waals surface area contributed by atoms with Crippen LogP contribution in [0.5, 0.6) is 0 Å². The maximum atomic E-state index is 9.85. The zero-order valence-corrected chi connectivity index (χ0v) is 5.75. The van der Waals surface area contributed by atoms with Crippen molar-refractivity contribution in [3.63, 3.8) is 0 Å². The van der Waals surface area contributed by atoms with Gasteiger partial charge in [-0.05, 0) is 0 Å². The van der Waals surface area contributed by atoms with Crippen LogP contribution >= 0.6 is 22.6 Å². The molecule has 0 aromatic carbocycles. The summed E-state index contributed by atoms with van der Waals surface area (Å²) in [6, 6.07) is 0. The van der Waals surface area contributed by atoms with Gasteiger partial charge in [0.2, 0.25) is 0 Å². The van der Waals surface area contributed by atoms with Crippen molar-refractivity contribution >= 4 is 28.6 Å². The molecule has 1 N–H and O–H groups in total. The van der Waals surface area contributed by atoms with E-state index in [-0.39, 0.29) is 0 Å². The predicted molar refractivity (Wildman–Crippen MR) is 35.6 cm³/mol. The van der Waals surface area contributed by atoms with E-state index in [4.69, 9.17) is 5.11 Å². The number of carbonyl (C=O) groups is 1. The van der Waals surface area contributed by atoms with Gasteiger partial charge in [-0.2, -0.15) is 0 Å². The van der Waals surface area contributed by atoms with Crippen molar-refractivity contribution in [3.05, 3.63) is 12.7 Å². The lowest BCUT2D eigenvalue weighted by Gasteiger charge is -1.89. The van der Waals surface area contributed by atoms with Crippen molar-refractivity contribution in [3.8, 4) is 0 Å². The summed E-state index contributed by atoms with van der Waals surface area (Å²) in [4.78, 5) is 9.85. The Balaban J connectivity index is 3.55. The fraction of sp³-hybridized carbons (Fsp3) is 0.250. The van der Waals surface area contributed by atoms with Gasteiger partial charge in [0, 0.05) is 0 Å². The van der Waals surface area contributed by atoms with Crippen LogP contribution in [0.25, 0.3) is 0 Å². The van der Waals surface area contributed by atoms with E-state index in [0.29, 0.717) is 0 Å². The molecule has 0 aliphatic rings. The Morgan fingerprint density at radius 3 is 2.43 bits per heavy atom. The van der Waals surface area contributed by atoms with Crippen LogP contribution in [0.15, 0.2) is 12.7 Å². The van der Waals surface area contributed by atoms with E-state index in [2.05, 4.69) is 6.58 Å². The average Bonchev–Trinajstić information content (AvgIpc) is 1.65. The van der Waals surface area contributed by atoms with Crippen LogP contribution in [0, 0.1) is 0 Å². The van der Waals surface area contributed by atoms with Gasteiger partial charge in [0.15, 0.2) is 0 Å². The van der Waals surface area contributed by atoms with Crippen molar-refractivity contribution in [2.75, 3.05) is 0 Å². The first-order valence-electron chi connectivity index (χ1n) is 1.68. The summed E-state index contributed by atoms with van der Waals surface area (Å²) in [5.41, 5.74) is 0. The minimum absolute atomic E-state index is 0.447. The second kappa shape index (κ2) is 3.01. The molecular formula is C4H5IO2. The van der Waals surface area contributed by atoms with E-state index in [1.54, 1.807) is 22.6 Å². The Labute approximate surface area is 55.4 Å². The number of aliphatic carboxylic acids is 1. The Bertz CT molecular complexity index is 89.7. The first-order valence-corrected chi connectivity index (χ1v) is 2.92. The molecule has 0 heterocycles. The van der Waals surface area contributed by atoms with Gasteiger partial charge < -0.3 is 5.11 Å². The summed E-state index contributed by atoms with van der Waals surface area (Å²) in [5.74, 6) is -0.837. The van der Waals surface area contributed by atoms with Crippen LogP contribution in [0.1, 0.15) is 0 Å². The summed E-state index contributed by atoms with van der Waals surface area (Å²) in [5, 5.41) is 8.10. The molecule has 1 unspecified atom stereocenters. The third-order valence-electron chi connectivity index (χ3n) is 0.443. The van der Waals surface area contributed by atoms with Gasteiger partial charge >= 0.3 is 5.97 Å². The van der Waals surface area contributed by atoms with Gasteiger partial charge in [-0.3, -0.25) is 4.79 Å². The van der Waals surface area contributed by atoms with Gasteiger partial charge in [0.05, 0.1) is 0 Å². The number of hydrogen-bond acceptors (Lipinski definition) is 1. The Kier molecular flexibility index (Phi) is 2.98. The summed E-state index contributed by atoms with van der Waals surface area (Å²) in [6.45, 7) is 3.29. The van der Waals surface area contributed by atoms with Crippen molar-refractivity contribution in [1.29, 1.82) is 0 Å². The molecule has 40 valence electrons. The van der Waals surface area contributed by atoms with E-state index in [1.807, 2.05) is 0 Å². The SMILES string of the molecule is C=CC(I)C(=O)O. The lowest BCUT2D eigenvalue weighted by Crippen LogP contribution is -2.07. The van der Waals surface area contributed by atoms with Gasteiger partial charge in [0.25, 0.3) is 0 Å². The molecule has 0 spiro atoms. The topological polar surface area (TPSA) is 37.3 Å². The lowest BCUT2D eigenvalue weighted by molar-refractivity contribution is -0.135. The minimum Gasteiger partial charge on any atom is -0.480 e. The minimum atomic E-state index is -0.837. The molecule has 0 bridgehead atoms. The van der Waals surface area contributed by atoms with Crippen LogP contribution in [0.2, 0.25) is 0 Å². The average molecular weight is 212 g/mol. The molecule has 0 saturated heterocycles. The second-order valence-electron chi connectivity index (χ2n) is 0.976. The molecule has 0 fully saturated rings. The number of carboxylic acids is 1. The molecule has 0 saturated carbocycles. The van der Waals surface area contributed by atoms with Gasteiger partial charge in [-0.1, -0.05) is 28.7 Å². The number of alkyl halides is 1. The number of hydrogen-bond donors (Lipinski definition) is 1. The standard InChI is InChI=1S/C4H5IO2/c1-2-3(5)4(6)7/h2-3H,1H2,(H,6,7). The van der Waals surface area contributed by atoms with Gasteiger partial charge in [-0.15, -0.1) is 6.58 Å². The van der Waals surface area contributed by atoms with Crippen LogP contribution in [-0.4, -0.2) is 15.0 Å². The summed E-state index contributed by atoms with van der Waals surface area (Å²) >= 11 is 1.78. The molecule has 2 nitrogen and oxygen atoms in total. The summed E-state index contributed by atoms with van der Waals surface area (Å²) in [6.07, 6.45) is 1.38. The van der Waals surface area contributed by atoms with Crippen LogP contribution in [-0.2, 0) is 4.79 Å². The normalized spacial score (nSPS) is 12.7. The molecule has 0 rings (SSSR count). The summed E-state index contributed by atoms with van der Waals surface area (Å²) in [7, 11) is 0. The van der Waals surface area contributed by atoms with Crippen molar-refractivity contribution in [2.45, 2.75) is 3.92 Å². The maximum absolute atomic E-state index is 9.85. The highest BCUT2D eigenvalue weighted by Gasteiger charge is 2.04. The molecule has 0 aliphatic heterocycles. The van der Waals surface area contributed by atoms with Crippen molar-refractivity contribution in [2.24, 2.45) is 0 Å². The van der Waals surface area contributed by atoms with E-state index >= 15 is 0 Å². The van der Waals surface area contributed by atoms with Crippen LogP contribution < -0.4 is 0 Å². The molecule has 0 aliphatic carbocycles. The van der Waals surface area contributed by atoms with Crippen molar-refractivity contribution in [1.82, 2.24) is 0 Å². The number of halogens is 1. The molecule has 0 radical (unpaired) electrons. The molecule has 7 heavy (non-hydrogen) atoms. The maximum Gasteiger partial charge on any atom is 0.320 e. The monoisotopic (exact) mass is 212 g/mol. The van der Waals surface area contributed by atoms with Gasteiger partial charge in [0.1, 0.15) is 3.92 Å². The fourth-order valence-electron chi connectivity index (χ4n) is 0.101. The van der Waals surface area contributed by atoms with E-state index < -0.39 is 9.89 Å². The molecule has 0 aromatic heterocycles. The van der Waals surface area contributed by atoms with E-state index in [1.165, 1.54) is 6.08 Å². The number of carboxylic acid groups (broad SMARTS) is 1. The predicted octanol–water partition coefficient (Wildman–Crippen LogP) is 1.06. The Hall–Kier alpha value is -0.0600. The first-order chi connectivity index (χ1) is 3.18. The zero-order chi connectivity index (χ0) is 5.86.